The summed E-state index contributed by atoms with van der Waals surface area (Å²) < 4.78 is 7.11. The first-order valence-corrected chi connectivity index (χ1v) is 16.2. The molecule has 2 atom stereocenters. The molecule has 10 heteroatoms. The molecular formula is C28H35N3O4S3. The SMILES string of the molecule is CCOC(=O)c1c(NC(=O)CSc2nc3sc4c(c3c(=O)n2[C@@H](C)CC)CCCC4)sc2c1CC[C@H](C)C2. The van der Waals surface area contributed by atoms with E-state index < -0.39 is 0 Å². The molecule has 2 aliphatic carbocycles. The van der Waals surface area contributed by atoms with Gasteiger partial charge in [0.25, 0.3) is 5.56 Å². The number of ether oxygens (including phenoxy) is 1. The van der Waals surface area contributed by atoms with Gasteiger partial charge in [-0.05, 0) is 82.3 Å². The van der Waals surface area contributed by atoms with Gasteiger partial charge in [0.05, 0.1) is 23.3 Å². The summed E-state index contributed by atoms with van der Waals surface area (Å²) in [6.45, 7) is 8.38. The lowest BCUT2D eigenvalue weighted by Gasteiger charge is -2.18. The number of fused-ring (bicyclic) bond motifs is 4. The molecule has 0 aliphatic heterocycles. The molecule has 0 bridgehead atoms. The number of carbonyl (C=O) groups excluding carboxylic acids is 2. The molecule has 3 aromatic rings. The number of hydrogen-bond donors (Lipinski definition) is 1. The van der Waals surface area contributed by atoms with E-state index in [0.717, 1.165) is 72.0 Å². The van der Waals surface area contributed by atoms with Crippen molar-refractivity contribution in [3.63, 3.8) is 0 Å². The summed E-state index contributed by atoms with van der Waals surface area (Å²) in [6.07, 6.45) is 7.75. The average molecular weight is 574 g/mol. The number of esters is 1. The van der Waals surface area contributed by atoms with Gasteiger partial charge in [0.2, 0.25) is 5.91 Å². The van der Waals surface area contributed by atoms with Gasteiger partial charge in [0, 0.05) is 15.8 Å². The highest BCUT2D eigenvalue weighted by Crippen LogP contribution is 2.40. The number of anilines is 1. The Bertz CT molecular complexity index is 1440. The second-order valence-electron chi connectivity index (χ2n) is 10.3. The largest absolute Gasteiger partial charge is 0.462 e. The Labute approximate surface area is 235 Å². The molecule has 0 fully saturated rings. The highest BCUT2D eigenvalue weighted by molar-refractivity contribution is 7.99. The zero-order valence-electron chi connectivity index (χ0n) is 22.5. The van der Waals surface area contributed by atoms with Crippen molar-refractivity contribution in [2.75, 3.05) is 17.7 Å². The number of thiophene rings is 2. The van der Waals surface area contributed by atoms with Crippen LogP contribution >= 0.6 is 34.4 Å². The van der Waals surface area contributed by atoms with E-state index in [0.29, 0.717) is 21.6 Å². The third kappa shape index (κ3) is 5.19. The molecule has 7 nitrogen and oxygen atoms in total. The molecule has 0 saturated carbocycles. The lowest BCUT2D eigenvalue weighted by molar-refractivity contribution is -0.113. The van der Waals surface area contributed by atoms with E-state index in [2.05, 4.69) is 19.2 Å². The van der Waals surface area contributed by atoms with Crippen LogP contribution in [0.25, 0.3) is 10.2 Å². The molecule has 5 rings (SSSR count). The first-order chi connectivity index (χ1) is 18.3. The van der Waals surface area contributed by atoms with Gasteiger partial charge in [0.15, 0.2) is 5.16 Å². The Morgan fingerprint density at radius 3 is 2.71 bits per heavy atom. The number of amides is 1. The Kier molecular flexibility index (Phi) is 8.30. The summed E-state index contributed by atoms with van der Waals surface area (Å²) in [5.74, 6) is 0.0573. The minimum absolute atomic E-state index is 0.0105. The minimum atomic E-state index is -0.373. The van der Waals surface area contributed by atoms with Crippen LogP contribution in [0, 0.1) is 5.92 Å². The number of aromatic nitrogens is 2. The summed E-state index contributed by atoms with van der Waals surface area (Å²) in [6, 6.07) is -0.0227. The van der Waals surface area contributed by atoms with Gasteiger partial charge in [-0.25, -0.2) is 9.78 Å². The monoisotopic (exact) mass is 573 g/mol. The molecule has 1 N–H and O–H groups in total. The number of nitrogens with one attached hydrogen (secondary N) is 1. The first-order valence-electron chi connectivity index (χ1n) is 13.6. The zero-order valence-corrected chi connectivity index (χ0v) is 24.9. The number of carbonyl (C=O) groups is 2. The molecule has 0 unspecified atom stereocenters. The fourth-order valence-corrected chi connectivity index (χ4v) is 9.04. The molecule has 3 aromatic heterocycles. The molecular weight excluding hydrogens is 539 g/mol. The minimum Gasteiger partial charge on any atom is -0.462 e. The molecule has 0 aromatic carbocycles. The van der Waals surface area contributed by atoms with Gasteiger partial charge in [-0.3, -0.25) is 14.2 Å². The maximum absolute atomic E-state index is 13.7. The molecule has 0 saturated heterocycles. The first kappa shape index (κ1) is 27.4. The van der Waals surface area contributed by atoms with Crippen molar-refractivity contribution >= 4 is 61.5 Å². The fourth-order valence-electron chi connectivity index (χ4n) is 5.42. The maximum Gasteiger partial charge on any atom is 0.341 e. The van der Waals surface area contributed by atoms with Crippen LogP contribution in [0.3, 0.4) is 0 Å². The van der Waals surface area contributed by atoms with Crippen LogP contribution in [0.5, 0.6) is 0 Å². The van der Waals surface area contributed by atoms with E-state index in [-0.39, 0.29) is 35.8 Å². The Morgan fingerprint density at radius 1 is 1.16 bits per heavy atom. The van der Waals surface area contributed by atoms with Crippen LogP contribution in [-0.4, -0.2) is 33.8 Å². The third-order valence-corrected chi connectivity index (χ3v) is 10.9. The summed E-state index contributed by atoms with van der Waals surface area (Å²) in [4.78, 5) is 47.8. The predicted molar refractivity (Wildman–Crippen MR) is 156 cm³/mol. The molecule has 38 heavy (non-hydrogen) atoms. The van der Waals surface area contributed by atoms with Crippen molar-refractivity contribution in [3.8, 4) is 0 Å². The number of nitrogens with zero attached hydrogens (tertiary/aromatic N) is 2. The van der Waals surface area contributed by atoms with Crippen molar-refractivity contribution in [3.05, 3.63) is 36.8 Å². The van der Waals surface area contributed by atoms with Gasteiger partial charge in [-0.1, -0.05) is 25.6 Å². The molecule has 0 spiro atoms. The Hall–Kier alpha value is -2.17. The number of hydrogen-bond acceptors (Lipinski definition) is 8. The van der Waals surface area contributed by atoms with Gasteiger partial charge < -0.3 is 10.1 Å². The summed E-state index contributed by atoms with van der Waals surface area (Å²) in [7, 11) is 0. The van der Waals surface area contributed by atoms with E-state index in [1.807, 2.05) is 6.92 Å². The van der Waals surface area contributed by atoms with Crippen molar-refractivity contribution < 1.29 is 14.3 Å². The van der Waals surface area contributed by atoms with Gasteiger partial charge in [-0.2, -0.15) is 0 Å². The maximum atomic E-state index is 13.7. The van der Waals surface area contributed by atoms with E-state index in [1.165, 1.54) is 33.5 Å². The van der Waals surface area contributed by atoms with Crippen LogP contribution in [0.1, 0.15) is 90.7 Å². The second-order valence-corrected chi connectivity index (χ2v) is 13.5. The number of rotatable bonds is 8. The van der Waals surface area contributed by atoms with Crippen LogP contribution in [0.15, 0.2) is 9.95 Å². The quantitative estimate of drug-likeness (QED) is 0.190. The van der Waals surface area contributed by atoms with Crippen LogP contribution in [-0.2, 0) is 35.2 Å². The van der Waals surface area contributed by atoms with Gasteiger partial charge in [0.1, 0.15) is 9.83 Å². The zero-order chi connectivity index (χ0) is 27.0. The average Bonchev–Trinajstić information content (AvgIpc) is 3.44. The molecule has 2 aliphatic rings. The summed E-state index contributed by atoms with van der Waals surface area (Å²) in [5, 5.41) is 4.92. The van der Waals surface area contributed by atoms with Crippen molar-refractivity contribution in [2.24, 2.45) is 5.92 Å². The van der Waals surface area contributed by atoms with Gasteiger partial charge >= 0.3 is 5.97 Å². The van der Waals surface area contributed by atoms with Crippen LogP contribution in [0.4, 0.5) is 5.00 Å². The molecule has 204 valence electrons. The van der Waals surface area contributed by atoms with Crippen LogP contribution < -0.4 is 10.9 Å². The normalized spacial score (nSPS) is 17.6. The van der Waals surface area contributed by atoms with E-state index in [9.17, 15) is 14.4 Å². The molecule has 1 amide bonds. The molecule has 3 heterocycles. The Balaban J connectivity index is 1.41. The van der Waals surface area contributed by atoms with Gasteiger partial charge in [-0.15, -0.1) is 22.7 Å². The van der Waals surface area contributed by atoms with E-state index >= 15 is 0 Å². The van der Waals surface area contributed by atoms with Crippen LogP contribution in [0.2, 0.25) is 0 Å². The molecule has 0 radical (unpaired) electrons. The smallest absolute Gasteiger partial charge is 0.341 e. The topological polar surface area (TPSA) is 90.3 Å². The lowest BCUT2D eigenvalue weighted by Crippen LogP contribution is -2.27. The highest BCUT2D eigenvalue weighted by atomic mass is 32.2. The predicted octanol–water partition coefficient (Wildman–Crippen LogP) is 6.40. The van der Waals surface area contributed by atoms with E-state index in [1.54, 1.807) is 22.8 Å². The lowest BCUT2D eigenvalue weighted by atomic mass is 9.88. The Morgan fingerprint density at radius 2 is 1.95 bits per heavy atom. The van der Waals surface area contributed by atoms with Crippen molar-refractivity contribution in [1.82, 2.24) is 9.55 Å². The number of thioether (sulfide) groups is 1. The standard InChI is InChI=1S/C28H35N3O4S3/c1-5-16(4)31-26(33)22-17-9-7-8-10-19(17)37-24(22)30-28(31)36-14-21(32)29-25-23(27(34)35-6-2)18-12-11-15(3)13-20(18)38-25/h15-16H,5-14H2,1-4H3,(H,29,32)/t15-,16-/m0/s1. The van der Waals surface area contributed by atoms with Crippen molar-refractivity contribution in [2.45, 2.75) is 90.3 Å². The fraction of sp³-hybridized carbons (Fsp3) is 0.571. The second kappa shape index (κ2) is 11.5. The van der Waals surface area contributed by atoms with E-state index in [4.69, 9.17) is 9.72 Å². The third-order valence-electron chi connectivity index (χ3n) is 7.60. The number of aryl methyl sites for hydroxylation is 2. The summed E-state index contributed by atoms with van der Waals surface area (Å²) in [5.41, 5.74) is 2.73. The van der Waals surface area contributed by atoms with Crippen molar-refractivity contribution in [1.29, 1.82) is 0 Å². The summed E-state index contributed by atoms with van der Waals surface area (Å²) >= 11 is 4.41. The highest BCUT2D eigenvalue weighted by Gasteiger charge is 2.29.